The van der Waals surface area contributed by atoms with E-state index in [2.05, 4.69) is 0 Å². The van der Waals surface area contributed by atoms with Gasteiger partial charge in [-0.05, 0) is 31.0 Å². The lowest BCUT2D eigenvalue weighted by Gasteiger charge is -2.33. The van der Waals surface area contributed by atoms with E-state index in [-0.39, 0.29) is 18.1 Å². The fourth-order valence-corrected chi connectivity index (χ4v) is 3.08. The molecule has 0 radical (unpaired) electrons. The third kappa shape index (κ3) is 3.69. The summed E-state index contributed by atoms with van der Waals surface area (Å²) < 4.78 is 11.4. The Hall–Kier alpha value is -1.26. The Kier molecular flexibility index (Phi) is 4.66. The van der Waals surface area contributed by atoms with Gasteiger partial charge in [-0.15, -0.1) is 0 Å². The zero-order valence-electron chi connectivity index (χ0n) is 12.0. The van der Waals surface area contributed by atoms with E-state index in [1.807, 2.05) is 29.2 Å². The van der Waals surface area contributed by atoms with Crippen molar-refractivity contribution in [3.05, 3.63) is 29.3 Å². The average molecular weight is 310 g/mol. The number of carbonyl (C=O) groups excluding carboxylic acids is 1. The van der Waals surface area contributed by atoms with Gasteiger partial charge in [0, 0.05) is 37.6 Å². The number of nitrogens with zero attached hydrogens (tertiary/aromatic N) is 1. The lowest BCUT2D eigenvalue weighted by molar-refractivity contribution is -0.142. The third-order valence-electron chi connectivity index (χ3n) is 4.06. The van der Waals surface area contributed by atoms with Gasteiger partial charge < -0.3 is 14.4 Å². The van der Waals surface area contributed by atoms with E-state index in [0.29, 0.717) is 11.6 Å². The average Bonchev–Trinajstić information content (AvgIpc) is 3.01. The van der Waals surface area contributed by atoms with Crippen molar-refractivity contribution in [2.75, 3.05) is 19.7 Å². The summed E-state index contributed by atoms with van der Waals surface area (Å²) in [6.07, 6.45) is 3.49. The van der Waals surface area contributed by atoms with Gasteiger partial charge in [-0.1, -0.05) is 17.7 Å². The number of benzene rings is 1. The molecule has 1 aromatic rings. The Morgan fingerprint density at radius 1 is 1.29 bits per heavy atom. The predicted octanol–water partition coefficient (Wildman–Crippen LogP) is 2.89. The van der Waals surface area contributed by atoms with Crippen molar-refractivity contribution >= 4 is 17.5 Å². The second-order valence-corrected chi connectivity index (χ2v) is 6.04. The molecule has 0 aliphatic carbocycles. The van der Waals surface area contributed by atoms with Crippen molar-refractivity contribution in [3.63, 3.8) is 0 Å². The molecule has 0 aromatic heterocycles. The van der Waals surface area contributed by atoms with Gasteiger partial charge in [0.2, 0.25) is 0 Å². The zero-order valence-corrected chi connectivity index (χ0v) is 12.7. The molecule has 2 aliphatic heterocycles. The molecule has 1 unspecified atom stereocenters. The number of rotatable bonds is 3. The molecule has 0 spiro atoms. The SMILES string of the molecule is O=C(C1CCCO1)N1CCC(Oc2cccc(Cl)c2)CC1. The van der Waals surface area contributed by atoms with Crippen LogP contribution in [0.2, 0.25) is 5.02 Å². The minimum Gasteiger partial charge on any atom is -0.490 e. The summed E-state index contributed by atoms with van der Waals surface area (Å²) >= 11 is 5.95. The van der Waals surface area contributed by atoms with Gasteiger partial charge in [-0.25, -0.2) is 0 Å². The fraction of sp³-hybridized carbons (Fsp3) is 0.562. The van der Waals surface area contributed by atoms with Crippen LogP contribution in [0, 0.1) is 0 Å². The van der Waals surface area contributed by atoms with E-state index in [1.54, 1.807) is 0 Å². The molecule has 2 saturated heterocycles. The van der Waals surface area contributed by atoms with E-state index in [9.17, 15) is 4.79 Å². The number of halogens is 1. The van der Waals surface area contributed by atoms with Crippen molar-refractivity contribution in [2.24, 2.45) is 0 Å². The van der Waals surface area contributed by atoms with Gasteiger partial charge in [0.1, 0.15) is 18.0 Å². The van der Waals surface area contributed by atoms with E-state index in [1.165, 1.54) is 0 Å². The molecule has 3 rings (SSSR count). The first-order chi connectivity index (χ1) is 10.2. The van der Waals surface area contributed by atoms with Crippen LogP contribution in [0.5, 0.6) is 5.75 Å². The molecule has 21 heavy (non-hydrogen) atoms. The number of hydrogen-bond donors (Lipinski definition) is 0. The third-order valence-corrected chi connectivity index (χ3v) is 4.29. The maximum absolute atomic E-state index is 12.3. The summed E-state index contributed by atoms with van der Waals surface area (Å²) in [5.41, 5.74) is 0. The summed E-state index contributed by atoms with van der Waals surface area (Å²) in [4.78, 5) is 14.2. The summed E-state index contributed by atoms with van der Waals surface area (Å²) in [6, 6.07) is 7.45. The minimum atomic E-state index is -0.213. The molecule has 2 fully saturated rings. The highest BCUT2D eigenvalue weighted by atomic mass is 35.5. The van der Waals surface area contributed by atoms with Crippen LogP contribution in [0.25, 0.3) is 0 Å². The van der Waals surface area contributed by atoms with Gasteiger partial charge in [-0.2, -0.15) is 0 Å². The highest BCUT2D eigenvalue weighted by Gasteiger charge is 2.31. The van der Waals surface area contributed by atoms with Gasteiger partial charge in [0.25, 0.3) is 5.91 Å². The second-order valence-electron chi connectivity index (χ2n) is 5.60. The van der Waals surface area contributed by atoms with Crippen molar-refractivity contribution in [3.8, 4) is 5.75 Å². The van der Waals surface area contributed by atoms with E-state index in [0.717, 1.165) is 44.5 Å². The molecule has 114 valence electrons. The number of hydrogen-bond acceptors (Lipinski definition) is 3. The Morgan fingerprint density at radius 3 is 2.76 bits per heavy atom. The van der Waals surface area contributed by atoms with Crippen LogP contribution >= 0.6 is 11.6 Å². The van der Waals surface area contributed by atoms with Crippen LogP contribution in [0.15, 0.2) is 24.3 Å². The summed E-state index contributed by atoms with van der Waals surface area (Å²) in [5.74, 6) is 0.945. The van der Waals surface area contributed by atoms with Crippen molar-refractivity contribution < 1.29 is 14.3 Å². The number of carbonyl (C=O) groups is 1. The van der Waals surface area contributed by atoms with Crippen LogP contribution < -0.4 is 4.74 Å². The van der Waals surface area contributed by atoms with Crippen molar-refractivity contribution in [1.82, 2.24) is 4.90 Å². The summed E-state index contributed by atoms with van der Waals surface area (Å²) in [6.45, 7) is 2.19. The van der Waals surface area contributed by atoms with Crippen molar-refractivity contribution in [1.29, 1.82) is 0 Å². The van der Waals surface area contributed by atoms with E-state index in [4.69, 9.17) is 21.1 Å². The Bertz CT molecular complexity index is 494. The first kappa shape index (κ1) is 14.7. The largest absolute Gasteiger partial charge is 0.490 e. The molecule has 0 N–H and O–H groups in total. The monoisotopic (exact) mass is 309 g/mol. The van der Waals surface area contributed by atoms with Crippen molar-refractivity contribution in [2.45, 2.75) is 37.9 Å². The van der Waals surface area contributed by atoms with Crippen LogP contribution in [0.4, 0.5) is 0 Å². The van der Waals surface area contributed by atoms with Gasteiger partial charge >= 0.3 is 0 Å². The molecule has 2 aliphatic rings. The smallest absolute Gasteiger partial charge is 0.251 e. The molecular formula is C16H20ClNO3. The molecule has 2 heterocycles. The fourth-order valence-electron chi connectivity index (χ4n) is 2.90. The number of piperidine rings is 1. The van der Waals surface area contributed by atoms with Crippen LogP contribution in [-0.2, 0) is 9.53 Å². The molecular weight excluding hydrogens is 290 g/mol. The first-order valence-corrected chi connectivity index (χ1v) is 7.93. The van der Waals surface area contributed by atoms with Crippen LogP contribution in [-0.4, -0.2) is 42.7 Å². The van der Waals surface area contributed by atoms with E-state index >= 15 is 0 Å². The number of ether oxygens (including phenoxy) is 2. The molecule has 0 saturated carbocycles. The van der Waals surface area contributed by atoms with Gasteiger partial charge in [0.05, 0.1) is 0 Å². The quantitative estimate of drug-likeness (QED) is 0.862. The van der Waals surface area contributed by atoms with Crippen LogP contribution in [0.3, 0.4) is 0 Å². The Labute approximate surface area is 130 Å². The molecule has 5 heteroatoms. The van der Waals surface area contributed by atoms with Crippen LogP contribution in [0.1, 0.15) is 25.7 Å². The topological polar surface area (TPSA) is 38.8 Å². The molecule has 1 amide bonds. The minimum absolute atomic E-state index is 0.147. The molecule has 1 atom stereocenters. The molecule has 1 aromatic carbocycles. The van der Waals surface area contributed by atoms with Gasteiger partial charge in [0.15, 0.2) is 0 Å². The number of likely N-dealkylation sites (tertiary alicyclic amines) is 1. The van der Waals surface area contributed by atoms with Gasteiger partial charge in [-0.3, -0.25) is 4.79 Å². The second kappa shape index (κ2) is 6.67. The standard InChI is InChI=1S/C16H20ClNO3/c17-12-3-1-4-14(11-12)21-13-6-8-18(9-7-13)16(19)15-5-2-10-20-15/h1,3-4,11,13,15H,2,5-10H2. The van der Waals surface area contributed by atoms with E-state index < -0.39 is 0 Å². The highest BCUT2D eigenvalue weighted by Crippen LogP contribution is 2.23. The Balaban J connectivity index is 1.49. The summed E-state index contributed by atoms with van der Waals surface area (Å²) in [7, 11) is 0. The molecule has 0 bridgehead atoms. The summed E-state index contributed by atoms with van der Waals surface area (Å²) in [5, 5.41) is 0.679. The molecule has 4 nitrogen and oxygen atoms in total. The lowest BCUT2D eigenvalue weighted by Crippen LogP contribution is -2.45. The number of amides is 1. The maximum Gasteiger partial charge on any atom is 0.251 e. The zero-order chi connectivity index (χ0) is 14.7. The Morgan fingerprint density at radius 2 is 2.10 bits per heavy atom. The predicted molar refractivity (Wildman–Crippen MR) is 80.7 cm³/mol. The normalized spacial score (nSPS) is 23.3. The first-order valence-electron chi connectivity index (χ1n) is 7.55. The lowest BCUT2D eigenvalue weighted by atomic mass is 10.1. The highest BCUT2D eigenvalue weighted by molar-refractivity contribution is 6.30. The maximum atomic E-state index is 12.3.